The van der Waals surface area contributed by atoms with Crippen LogP contribution < -0.4 is 10.5 Å². The van der Waals surface area contributed by atoms with E-state index in [2.05, 4.69) is 53.2 Å². The van der Waals surface area contributed by atoms with Crippen molar-refractivity contribution in [2.45, 2.75) is 13.0 Å². The highest BCUT2D eigenvalue weighted by atomic mass is 16.5. The number of ether oxygens (including phenoxy) is 1. The van der Waals surface area contributed by atoms with Gasteiger partial charge in [0.05, 0.1) is 6.54 Å². The van der Waals surface area contributed by atoms with Crippen LogP contribution in [0.15, 0.2) is 60.8 Å². The molecule has 108 valence electrons. The number of aromatic nitrogens is 1. The van der Waals surface area contributed by atoms with Crippen molar-refractivity contribution in [3.63, 3.8) is 0 Å². The van der Waals surface area contributed by atoms with Crippen molar-refractivity contribution in [3.8, 4) is 5.75 Å². The van der Waals surface area contributed by atoms with E-state index < -0.39 is 0 Å². The molecule has 3 nitrogen and oxygen atoms in total. The minimum absolute atomic E-state index is 0.662. The first-order valence-electron chi connectivity index (χ1n) is 7.32. The van der Waals surface area contributed by atoms with Crippen LogP contribution in [-0.2, 0) is 13.0 Å². The molecule has 3 rings (SSSR count). The van der Waals surface area contributed by atoms with Gasteiger partial charge in [0.1, 0.15) is 12.4 Å². The van der Waals surface area contributed by atoms with Crippen molar-refractivity contribution < 1.29 is 4.74 Å². The van der Waals surface area contributed by atoms with Crippen LogP contribution in [0.3, 0.4) is 0 Å². The topological polar surface area (TPSA) is 40.2 Å². The minimum Gasteiger partial charge on any atom is -0.492 e. The van der Waals surface area contributed by atoms with Gasteiger partial charge in [-0.25, -0.2) is 0 Å². The van der Waals surface area contributed by atoms with E-state index >= 15 is 0 Å². The van der Waals surface area contributed by atoms with Crippen LogP contribution in [0.2, 0.25) is 0 Å². The van der Waals surface area contributed by atoms with Gasteiger partial charge in [0.15, 0.2) is 0 Å². The molecule has 0 unspecified atom stereocenters. The zero-order valence-corrected chi connectivity index (χ0v) is 12.0. The van der Waals surface area contributed by atoms with E-state index in [1.807, 2.05) is 12.1 Å². The summed E-state index contributed by atoms with van der Waals surface area (Å²) in [6, 6.07) is 18.7. The van der Waals surface area contributed by atoms with E-state index in [4.69, 9.17) is 10.5 Å². The number of nitrogens with two attached hydrogens (primary N) is 1. The molecule has 0 bridgehead atoms. The first-order valence-corrected chi connectivity index (χ1v) is 7.32. The second kappa shape index (κ2) is 6.46. The Morgan fingerprint density at radius 1 is 0.952 bits per heavy atom. The predicted molar refractivity (Wildman–Crippen MR) is 86.6 cm³/mol. The average molecular weight is 280 g/mol. The van der Waals surface area contributed by atoms with Crippen LogP contribution in [0.4, 0.5) is 0 Å². The van der Waals surface area contributed by atoms with Crippen molar-refractivity contribution >= 4 is 10.9 Å². The summed E-state index contributed by atoms with van der Waals surface area (Å²) in [6.07, 6.45) is 3.02. The van der Waals surface area contributed by atoms with Gasteiger partial charge < -0.3 is 15.0 Å². The summed E-state index contributed by atoms with van der Waals surface area (Å²) in [5, 5.41) is 1.27. The van der Waals surface area contributed by atoms with Gasteiger partial charge in [-0.1, -0.05) is 30.3 Å². The predicted octanol–water partition coefficient (Wildman–Crippen LogP) is 3.22. The highest BCUT2D eigenvalue weighted by molar-refractivity contribution is 5.79. The van der Waals surface area contributed by atoms with Gasteiger partial charge in [0.2, 0.25) is 0 Å². The third kappa shape index (κ3) is 3.26. The first-order chi connectivity index (χ1) is 10.4. The Morgan fingerprint density at radius 2 is 1.76 bits per heavy atom. The van der Waals surface area contributed by atoms with Crippen LogP contribution in [0.25, 0.3) is 10.9 Å². The molecule has 2 aromatic carbocycles. The third-order valence-electron chi connectivity index (χ3n) is 3.64. The molecule has 0 aliphatic rings. The number of rotatable bonds is 6. The average Bonchev–Trinajstić information content (AvgIpc) is 2.93. The van der Waals surface area contributed by atoms with Gasteiger partial charge >= 0.3 is 0 Å². The van der Waals surface area contributed by atoms with Crippen molar-refractivity contribution in [1.29, 1.82) is 0 Å². The summed E-state index contributed by atoms with van der Waals surface area (Å²) >= 11 is 0. The van der Waals surface area contributed by atoms with Gasteiger partial charge in [-0.05, 0) is 48.2 Å². The number of benzene rings is 2. The molecule has 0 amide bonds. The first kappa shape index (κ1) is 13.7. The van der Waals surface area contributed by atoms with Gasteiger partial charge in [-0.15, -0.1) is 0 Å². The fourth-order valence-corrected chi connectivity index (χ4v) is 2.52. The number of hydrogen-bond donors (Lipinski definition) is 1. The Labute approximate surface area is 125 Å². The molecule has 0 atom stereocenters. The highest BCUT2D eigenvalue weighted by Gasteiger charge is 2.00. The fourth-order valence-electron chi connectivity index (χ4n) is 2.52. The summed E-state index contributed by atoms with van der Waals surface area (Å²) in [5.41, 5.74) is 8.05. The molecule has 21 heavy (non-hydrogen) atoms. The maximum atomic E-state index is 5.81. The standard InChI is InChI=1S/C18H20N2O/c19-11-9-15-5-7-17(8-6-15)21-14-13-20-12-10-16-3-1-2-4-18(16)20/h1-8,10,12H,9,11,13-14,19H2. The van der Waals surface area contributed by atoms with Crippen molar-refractivity contribution in [2.24, 2.45) is 5.73 Å². The number of hydrogen-bond acceptors (Lipinski definition) is 2. The molecule has 0 aliphatic heterocycles. The molecule has 1 heterocycles. The molecule has 1 aromatic heterocycles. The number of para-hydroxylation sites is 1. The summed E-state index contributed by atoms with van der Waals surface area (Å²) in [6.45, 7) is 2.19. The van der Waals surface area contributed by atoms with Gasteiger partial charge in [-0.2, -0.15) is 0 Å². The van der Waals surface area contributed by atoms with Crippen molar-refractivity contribution in [3.05, 3.63) is 66.4 Å². The van der Waals surface area contributed by atoms with Gasteiger partial charge in [0.25, 0.3) is 0 Å². The molecule has 2 N–H and O–H groups in total. The van der Waals surface area contributed by atoms with E-state index in [0.29, 0.717) is 13.2 Å². The molecule has 0 saturated carbocycles. The quantitative estimate of drug-likeness (QED) is 0.753. The Morgan fingerprint density at radius 3 is 2.57 bits per heavy atom. The van der Waals surface area contributed by atoms with Crippen molar-refractivity contribution in [1.82, 2.24) is 4.57 Å². The highest BCUT2D eigenvalue weighted by Crippen LogP contribution is 2.16. The smallest absolute Gasteiger partial charge is 0.119 e. The van der Waals surface area contributed by atoms with Crippen LogP contribution in [-0.4, -0.2) is 17.7 Å². The van der Waals surface area contributed by atoms with E-state index in [9.17, 15) is 0 Å². The SMILES string of the molecule is NCCc1ccc(OCCn2ccc3ccccc32)cc1. The summed E-state index contributed by atoms with van der Waals surface area (Å²) < 4.78 is 8.03. The van der Waals surface area contributed by atoms with E-state index in [1.54, 1.807) is 0 Å². The molecule has 3 aromatic rings. The summed E-state index contributed by atoms with van der Waals surface area (Å²) in [5.74, 6) is 0.909. The molecule has 0 saturated heterocycles. The Kier molecular flexibility index (Phi) is 4.22. The maximum absolute atomic E-state index is 5.81. The molecule has 3 heteroatoms. The maximum Gasteiger partial charge on any atom is 0.119 e. The molecular weight excluding hydrogens is 260 g/mol. The molecule has 0 spiro atoms. The lowest BCUT2D eigenvalue weighted by Crippen LogP contribution is -2.07. The minimum atomic E-state index is 0.662. The van der Waals surface area contributed by atoms with Crippen LogP contribution >= 0.6 is 0 Å². The van der Waals surface area contributed by atoms with E-state index in [1.165, 1.54) is 16.5 Å². The van der Waals surface area contributed by atoms with Gasteiger partial charge in [-0.3, -0.25) is 0 Å². The van der Waals surface area contributed by atoms with E-state index in [0.717, 1.165) is 18.7 Å². The summed E-state index contributed by atoms with van der Waals surface area (Å²) in [4.78, 5) is 0. The Hall–Kier alpha value is -2.26. The lowest BCUT2D eigenvalue weighted by molar-refractivity contribution is 0.300. The molecule has 0 fully saturated rings. The third-order valence-corrected chi connectivity index (χ3v) is 3.64. The van der Waals surface area contributed by atoms with Crippen LogP contribution in [0, 0.1) is 0 Å². The monoisotopic (exact) mass is 280 g/mol. The van der Waals surface area contributed by atoms with Crippen LogP contribution in [0.1, 0.15) is 5.56 Å². The van der Waals surface area contributed by atoms with Crippen molar-refractivity contribution in [2.75, 3.05) is 13.2 Å². The Balaban J connectivity index is 1.58. The lowest BCUT2D eigenvalue weighted by Gasteiger charge is -2.09. The number of fused-ring (bicyclic) bond motifs is 1. The van der Waals surface area contributed by atoms with Crippen LogP contribution in [0.5, 0.6) is 5.75 Å². The van der Waals surface area contributed by atoms with E-state index in [-0.39, 0.29) is 0 Å². The summed E-state index contributed by atoms with van der Waals surface area (Å²) in [7, 11) is 0. The Bertz CT molecular complexity index is 701. The number of nitrogens with zero attached hydrogens (tertiary/aromatic N) is 1. The second-order valence-corrected chi connectivity index (χ2v) is 5.10. The fraction of sp³-hybridized carbons (Fsp3) is 0.222. The second-order valence-electron chi connectivity index (χ2n) is 5.10. The zero-order chi connectivity index (χ0) is 14.5. The zero-order valence-electron chi connectivity index (χ0n) is 12.0. The lowest BCUT2D eigenvalue weighted by atomic mass is 10.1. The molecule has 0 aliphatic carbocycles. The van der Waals surface area contributed by atoms with Gasteiger partial charge in [0, 0.05) is 11.7 Å². The molecular formula is C18H20N2O. The largest absolute Gasteiger partial charge is 0.492 e. The normalized spacial score (nSPS) is 10.9. The molecule has 0 radical (unpaired) electrons.